The monoisotopic (exact) mass is 319 g/mol. The topological polar surface area (TPSA) is 64.2 Å². The molecule has 0 atom stereocenters. The van der Waals surface area contributed by atoms with Gasteiger partial charge in [0.15, 0.2) is 4.77 Å². The molecule has 1 aromatic heterocycles. The molecule has 1 aliphatic heterocycles. The lowest BCUT2D eigenvalue weighted by Crippen LogP contribution is -1.99. The summed E-state index contributed by atoms with van der Waals surface area (Å²) in [5.41, 5.74) is 5.37. The molecule has 0 amide bonds. The van der Waals surface area contributed by atoms with Crippen molar-refractivity contribution in [3.8, 4) is 5.88 Å². The average molecular weight is 319 g/mol. The van der Waals surface area contributed by atoms with Crippen molar-refractivity contribution in [2.75, 3.05) is 0 Å². The first kappa shape index (κ1) is 13.7. The second kappa shape index (κ2) is 5.37. The summed E-state index contributed by atoms with van der Waals surface area (Å²) in [7, 11) is 0. The van der Waals surface area contributed by atoms with Gasteiger partial charge in [-0.05, 0) is 24.4 Å². The second-order valence-electron chi connectivity index (χ2n) is 5.24. The zero-order valence-corrected chi connectivity index (χ0v) is 12.9. The third kappa shape index (κ3) is 2.41. The Balaban J connectivity index is 1.92. The van der Waals surface area contributed by atoms with Crippen LogP contribution in [0.2, 0.25) is 0 Å². The van der Waals surface area contributed by atoms with Gasteiger partial charge in [-0.15, -0.1) is 0 Å². The third-order valence-corrected chi connectivity index (χ3v) is 3.96. The molecule has 0 saturated carbocycles. The number of para-hydroxylation sites is 1. The minimum Gasteiger partial charge on any atom is -0.493 e. The Labute approximate surface area is 137 Å². The van der Waals surface area contributed by atoms with Gasteiger partial charge in [0, 0.05) is 16.7 Å². The summed E-state index contributed by atoms with van der Waals surface area (Å²) in [6.07, 6.45) is 1.87. The molecule has 0 radical (unpaired) electrons. The van der Waals surface area contributed by atoms with Gasteiger partial charge in [0.2, 0.25) is 5.88 Å². The van der Waals surface area contributed by atoms with Crippen molar-refractivity contribution in [1.29, 1.82) is 0 Å². The highest BCUT2D eigenvalue weighted by Gasteiger charge is 2.22. The molecule has 23 heavy (non-hydrogen) atoms. The Bertz CT molecular complexity index is 996. The van der Waals surface area contributed by atoms with E-state index < -0.39 is 0 Å². The standard InChI is InChI=1S/C18H13N3OS/c22-17-15(20-18(23)21-17)10-13-12-8-4-5-9-14(12)19-16(13)11-6-2-1-3-7-11/h1-10,22H,(H2,20,21,23). The van der Waals surface area contributed by atoms with Crippen LogP contribution >= 0.6 is 12.2 Å². The molecule has 112 valence electrons. The minimum atomic E-state index is 0.0271. The zero-order valence-electron chi connectivity index (χ0n) is 12.1. The van der Waals surface area contributed by atoms with Gasteiger partial charge in [-0.25, -0.2) is 4.99 Å². The fraction of sp³-hybridized carbons (Fsp3) is 0. The molecule has 4 rings (SSSR count). The van der Waals surface area contributed by atoms with E-state index in [1.807, 2.05) is 60.7 Å². The molecule has 0 aliphatic carbocycles. The summed E-state index contributed by atoms with van der Waals surface area (Å²) in [5.74, 6) is 0.0271. The second-order valence-corrected chi connectivity index (χ2v) is 5.65. The number of fused-ring (bicyclic) bond motifs is 1. The molecule has 0 unspecified atom stereocenters. The van der Waals surface area contributed by atoms with E-state index in [1.165, 1.54) is 0 Å². The molecule has 2 heterocycles. The first-order valence-corrected chi connectivity index (χ1v) is 7.60. The summed E-state index contributed by atoms with van der Waals surface area (Å²) in [4.78, 5) is 10.4. The number of hydrogen-bond acceptors (Lipinski definition) is 3. The van der Waals surface area contributed by atoms with Crippen LogP contribution in [0.25, 0.3) is 11.6 Å². The summed E-state index contributed by atoms with van der Waals surface area (Å²) in [6, 6.07) is 18.0. The highest BCUT2D eigenvalue weighted by Crippen LogP contribution is 2.38. The normalized spacial score (nSPS) is 14.8. The smallest absolute Gasteiger partial charge is 0.215 e. The maximum atomic E-state index is 9.96. The number of rotatable bonds is 2. The van der Waals surface area contributed by atoms with Gasteiger partial charge in [-0.2, -0.15) is 0 Å². The zero-order chi connectivity index (χ0) is 15.8. The number of nitrogens with one attached hydrogen (secondary N) is 2. The fourth-order valence-electron chi connectivity index (χ4n) is 2.71. The Hall–Kier alpha value is -2.92. The SMILES string of the molecule is Oc1[nH]c(=S)[nH]c1C=C1C(c2ccccc2)=Nc2ccccc21. The highest BCUT2D eigenvalue weighted by molar-refractivity contribution is 7.71. The summed E-state index contributed by atoms with van der Waals surface area (Å²) >= 11 is 5.03. The Morgan fingerprint density at radius 2 is 1.70 bits per heavy atom. The van der Waals surface area contributed by atoms with Crippen LogP contribution in [0.1, 0.15) is 16.8 Å². The molecule has 1 aliphatic rings. The van der Waals surface area contributed by atoms with Gasteiger partial charge in [0.05, 0.1) is 11.4 Å². The molecule has 5 heteroatoms. The predicted octanol–water partition coefficient (Wildman–Crippen LogP) is 4.45. The number of aromatic hydroxyl groups is 1. The molecule has 0 spiro atoms. The first-order chi connectivity index (χ1) is 11.2. The molecule has 3 aromatic rings. The van der Waals surface area contributed by atoms with Crippen molar-refractivity contribution in [2.45, 2.75) is 0 Å². The maximum Gasteiger partial charge on any atom is 0.215 e. The molecular weight excluding hydrogens is 306 g/mol. The largest absolute Gasteiger partial charge is 0.493 e. The van der Waals surface area contributed by atoms with E-state index in [2.05, 4.69) is 9.97 Å². The number of H-pyrrole nitrogens is 2. The van der Waals surface area contributed by atoms with Crippen molar-refractivity contribution in [3.05, 3.63) is 76.2 Å². The number of aromatic nitrogens is 2. The van der Waals surface area contributed by atoms with Gasteiger partial charge in [-0.1, -0.05) is 48.5 Å². The summed E-state index contributed by atoms with van der Waals surface area (Å²) < 4.78 is 0.388. The van der Waals surface area contributed by atoms with Crippen LogP contribution in [0.4, 0.5) is 5.69 Å². The lowest BCUT2D eigenvalue weighted by Gasteiger charge is -2.05. The van der Waals surface area contributed by atoms with Gasteiger partial charge >= 0.3 is 0 Å². The number of allylic oxidation sites excluding steroid dienone is 1. The number of aliphatic imine (C=N–C) groups is 1. The van der Waals surface area contributed by atoms with E-state index in [0.29, 0.717) is 10.5 Å². The van der Waals surface area contributed by atoms with Crippen LogP contribution in [-0.2, 0) is 0 Å². The lowest BCUT2D eigenvalue weighted by molar-refractivity contribution is 0.455. The first-order valence-electron chi connectivity index (χ1n) is 7.19. The molecule has 2 aromatic carbocycles. The van der Waals surface area contributed by atoms with Crippen LogP contribution in [0.15, 0.2) is 59.6 Å². The predicted molar refractivity (Wildman–Crippen MR) is 94.6 cm³/mol. The lowest BCUT2D eigenvalue weighted by atomic mass is 9.97. The van der Waals surface area contributed by atoms with Crippen molar-refractivity contribution in [2.24, 2.45) is 4.99 Å². The number of aromatic amines is 2. The average Bonchev–Trinajstić information content (AvgIpc) is 3.09. The van der Waals surface area contributed by atoms with Crippen molar-refractivity contribution >= 4 is 35.3 Å². The third-order valence-electron chi connectivity index (χ3n) is 3.75. The van der Waals surface area contributed by atoms with Crippen molar-refractivity contribution in [1.82, 2.24) is 9.97 Å². The highest BCUT2D eigenvalue weighted by atomic mass is 32.1. The number of hydrogen-bond donors (Lipinski definition) is 3. The van der Waals surface area contributed by atoms with Gasteiger partial charge in [-0.3, -0.25) is 0 Å². The minimum absolute atomic E-state index is 0.0271. The Kier molecular flexibility index (Phi) is 3.20. The van der Waals surface area contributed by atoms with Crippen LogP contribution in [0.5, 0.6) is 5.88 Å². The van der Waals surface area contributed by atoms with Gasteiger partial charge < -0.3 is 15.1 Å². The quantitative estimate of drug-likeness (QED) is 0.611. The summed E-state index contributed by atoms with van der Waals surface area (Å²) in [5, 5.41) is 9.96. The van der Waals surface area contributed by atoms with Crippen molar-refractivity contribution < 1.29 is 5.11 Å². The molecular formula is C18H13N3OS. The number of nitrogens with zero attached hydrogens (tertiary/aromatic N) is 1. The maximum absolute atomic E-state index is 9.96. The van der Waals surface area contributed by atoms with Crippen LogP contribution in [-0.4, -0.2) is 20.8 Å². The number of benzene rings is 2. The van der Waals surface area contributed by atoms with E-state index in [0.717, 1.165) is 28.1 Å². The Morgan fingerprint density at radius 3 is 2.43 bits per heavy atom. The molecule has 4 nitrogen and oxygen atoms in total. The fourth-order valence-corrected chi connectivity index (χ4v) is 2.91. The van der Waals surface area contributed by atoms with E-state index >= 15 is 0 Å². The van der Waals surface area contributed by atoms with Crippen LogP contribution in [0.3, 0.4) is 0 Å². The van der Waals surface area contributed by atoms with Crippen molar-refractivity contribution in [3.63, 3.8) is 0 Å². The van der Waals surface area contributed by atoms with E-state index in [9.17, 15) is 5.11 Å². The van der Waals surface area contributed by atoms with Crippen LogP contribution in [0, 0.1) is 4.77 Å². The van der Waals surface area contributed by atoms with Gasteiger partial charge in [0.1, 0.15) is 5.69 Å². The number of imidazole rings is 1. The Morgan fingerprint density at radius 1 is 0.957 bits per heavy atom. The molecule has 0 bridgehead atoms. The van der Waals surface area contributed by atoms with E-state index in [-0.39, 0.29) is 5.88 Å². The molecule has 0 saturated heterocycles. The molecule has 0 fully saturated rings. The molecule has 3 N–H and O–H groups in total. The van der Waals surface area contributed by atoms with E-state index in [4.69, 9.17) is 17.2 Å². The van der Waals surface area contributed by atoms with E-state index in [1.54, 1.807) is 0 Å². The van der Waals surface area contributed by atoms with Gasteiger partial charge in [0.25, 0.3) is 0 Å². The summed E-state index contributed by atoms with van der Waals surface area (Å²) in [6.45, 7) is 0. The van der Waals surface area contributed by atoms with Crippen LogP contribution < -0.4 is 0 Å².